The molecular weight excluding hydrogens is 298 g/mol. The van der Waals surface area contributed by atoms with E-state index in [1.807, 2.05) is 12.3 Å². The Hall–Kier alpha value is -1.91. The van der Waals surface area contributed by atoms with E-state index in [0.717, 1.165) is 57.0 Å². The number of hydrogen-bond acceptors (Lipinski definition) is 4. The number of hydrogen-bond donors (Lipinski definition) is 1. The highest BCUT2D eigenvalue weighted by molar-refractivity contribution is 5.47. The molecule has 2 aromatic rings. The lowest BCUT2D eigenvalue weighted by Gasteiger charge is -2.29. The zero-order valence-corrected chi connectivity index (χ0v) is 14.0. The molecule has 1 aromatic heterocycles. The first-order valence-corrected chi connectivity index (χ1v) is 8.94. The Morgan fingerprint density at radius 3 is 2.75 bits per heavy atom. The van der Waals surface area contributed by atoms with Gasteiger partial charge in [0.15, 0.2) is 0 Å². The number of pyridine rings is 1. The molecule has 1 saturated heterocycles. The normalized spacial score (nSPS) is 23.2. The second-order valence-electron chi connectivity index (χ2n) is 6.73. The van der Waals surface area contributed by atoms with Crippen molar-refractivity contribution < 1.29 is 4.74 Å². The van der Waals surface area contributed by atoms with Gasteiger partial charge in [-0.1, -0.05) is 36.4 Å². The van der Waals surface area contributed by atoms with Gasteiger partial charge in [0.1, 0.15) is 5.82 Å². The monoisotopic (exact) mass is 323 g/mol. The lowest BCUT2D eigenvalue weighted by Crippen LogP contribution is -2.37. The average Bonchev–Trinajstić information content (AvgIpc) is 3.43. The molecule has 1 N–H and O–H groups in total. The maximum Gasteiger partial charge on any atom is 0.133 e. The first-order chi connectivity index (χ1) is 11.9. The fourth-order valence-electron chi connectivity index (χ4n) is 3.60. The summed E-state index contributed by atoms with van der Waals surface area (Å²) in [7, 11) is 0. The molecule has 2 atom stereocenters. The Morgan fingerprint density at radius 2 is 1.92 bits per heavy atom. The minimum atomic E-state index is 0.742. The van der Waals surface area contributed by atoms with Crippen LogP contribution in [0.25, 0.3) is 0 Å². The van der Waals surface area contributed by atoms with Gasteiger partial charge in [0.2, 0.25) is 0 Å². The third kappa shape index (κ3) is 3.60. The Labute approximate surface area is 143 Å². The third-order valence-electron chi connectivity index (χ3n) is 5.05. The molecule has 0 unspecified atom stereocenters. The predicted octanol–water partition coefficient (Wildman–Crippen LogP) is 2.81. The van der Waals surface area contributed by atoms with Crippen molar-refractivity contribution in [3.63, 3.8) is 0 Å². The molecule has 2 fully saturated rings. The van der Waals surface area contributed by atoms with E-state index < -0.39 is 0 Å². The van der Waals surface area contributed by atoms with Gasteiger partial charge in [-0.2, -0.15) is 0 Å². The van der Waals surface area contributed by atoms with Crippen LogP contribution in [0.5, 0.6) is 0 Å². The number of morpholine rings is 1. The van der Waals surface area contributed by atoms with Crippen molar-refractivity contribution in [1.29, 1.82) is 0 Å². The molecular formula is C20H25N3O. The number of ether oxygens (including phenoxy) is 1. The summed E-state index contributed by atoms with van der Waals surface area (Å²) >= 11 is 0. The summed E-state index contributed by atoms with van der Waals surface area (Å²) in [6.07, 6.45) is 3.20. The number of nitrogens with zero attached hydrogens (tertiary/aromatic N) is 2. The predicted molar refractivity (Wildman–Crippen MR) is 96.3 cm³/mol. The molecule has 0 spiro atoms. The summed E-state index contributed by atoms with van der Waals surface area (Å²) < 4.78 is 5.45. The van der Waals surface area contributed by atoms with Gasteiger partial charge in [-0.15, -0.1) is 0 Å². The molecule has 1 aromatic carbocycles. The van der Waals surface area contributed by atoms with Crippen molar-refractivity contribution in [1.82, 2.24) is 10.3 Å². The van der Waals surface area contributed by atoms with Gasteiger partial charge in [-0.3, -0.25) is 0 Å². The highest BCUT2D eigenvalue weighted by Crippen LogP contribution is 2.46. The first kappa shape index (κ1) is 15.6. The lowest BCUT2D eigenvalue weighted by molar-refractivity contribution is 0.122. The van der Waals surface area contributed by atoms with Crippen LogP contribution in [-0.4, -0.2) is 37.8 Å². The van der Waals surface area contributed by atoms with Crippen molar-refractivity contribution in [2.75, 3.05) is 37.7 Å². The summed E-state index contributed by atoms with van der Waals surface area (Å²) in [6, 6.07) is 15.1. The topological polar surface area (TPSA) is 37.4 Å². The number of benzene rings is 1. The summed E-state index contributed by atoms with van der Waals surface area (Å²) in [4.78, 5) is 6.95. The quantitative estimate of drug-likeness (QED) is 0.887. The van der Waals surface area contributed by atoms with E-state index in [1.54, 1.807) is 0 Å². The highest BCUT2D eigenvalue weighted by atomic mass is 16.5. The molecule has 1 aliphatic heterocycles. The van der Waals surface area contributed by atoms with Gasteiger partial charge < -0.3 is 15.0 Å². The van der Waals surface area contributed by atoms with Gasteiger partial charge in [-0.05, 0) is 36.4 Å². The van der Waals surface area contributed by atoms with Crippen molar-refractivity contribution in [2.45, 2.75) is 18.9 Å². The maximum absolute atomic E-state index is 5.45. The van der Waals surface area contributed by atoms with Crippen LogP contribution >= 0.6 is 0 Å². The molecule has 24 heavy (non-hydrogen) atoms. The molecule has 4 rings (SSSR count). The van der Waals surface area contributed by atoms with Gasteiger partial charge in [0, 0.05) is 31.4 Å². The number of rotatable bonds is 6. The van der Waals surface area contributed by atoms with Crippen LogP contribution < -0.4 is 10.2 Å². The zero-order valence-electron chi connectivity index (χ0n) is 14.0. The Morgan fingerprint density at radius 1 is 1.08 bits per heavy atom. The van der Waals surface area contributed by atoms with E-state index >= 15 is 0 Å². The van der Waals surface area contributed by atoms with Crippen molar-refractivity contribution >= 4 is 5.82 Å². The molecule has 0 bridgehead atoms. The van der Waals surface area contributed by atoms with Crippen LogP contribution in [0.15, 0.2) is 48.7 Å². The van der Waals surface area contributed by atoms with E-state index in [0.29, 0.717) is 0 Å². The van der Waals surface area contributed by atoms with E-state index in [-0.39, 0.29) is 0 Å². The number of anilines is 1. The van der Waals surface area contributed by atoms with E-state index in [2.05, 4.69) is 51.6 Å². The first-order valence-electron chi connectivity index (χ1n) is 8.94. The summed E-state index contributed by atoms with van der Waals surface area (Å²) in [5.41, 5.74) is 2.77. The second kappa shape index (κ2) is 7.32. The number of nitrogens with one attached hydrogen (secondary N) is 1. The van der Waals surface area contributed by atoms with Gasteiger partial charge in [0.05, 0.1) is 13.2 Å². The molecule has 1 aliphatic carbocycles. The minimum absolute atomic E-state index is 0.742. The van der Waals surface area contributed by atoms with Gasteiger partial charge in [-0.25, -0.2) is 4.98 Å². The van der Waals surface area contributed by atoms with Crippen LogP contribution in [0.3, 0.4) is 0 Å². The van der Waals surface area contributed by atoms with Crippen LogP contribution in [0.1, 0.15) is 23.5 Å². The second-order valence-corrected chi connectivity index (χ2v) is 6.73. The zero-order chi connectivity index (χ0) is 16.2. The van der Waals surface area contributed by atoms with E-state index in [4.69, 9.17) is 4.74 Å². The molecule has 4 heteroatoms. The van der Waals surface area contributed by atoms with Crippen molar-refractivity contribution in [3.05, 3.63) is 59.8 Å². The minimum Gasteiger partial charge on any atom is -0.378 e. The largest absolute Gasteiger partial charge is 0.378 e. The molecule has 2 aliphatic rings. The average molecular weight is 323 g/mol. The van der Waals surface area contributed by atoms with Gasteiger partial charge >= 0.3 is 0 Å². The Balaban J connectivity index is 1.31. The maximum atomic E-state index is 5.45. The van der Waals surface area contributed by atoms with Crippen LogP contribution in [0.4, 0.5) is 5.82 Å². The lowest BCUT2D eigenvalue weighted by atomic mass is 10.1. The summed E-state index contributed by atoms with van der Waals surface area (Å²) in [5.74, 6) is 2.63. The Kier molecular flexibility index (Phi) is 4.76. The standard InChI is InChI=1S/C20H25N3O/c1-2-5-16(6-3-1)19-13-18(19)15-21-14-17-7-4-8-22-20(17)23-9-11-24-12-10-23/h1-8,18-19,21H,9-15H2/t18-,19+/m0/s1. The third-order valence-corrected chi connectivity index (χ3v) is 5.05. The highest BCUT2D eigenvalue weighted by Gasteiger charge is 2.37. The molecule has 0 radical (unpaired) electrons. The van der Waals surface area contributed by atoms with Crippen LogP contribution in [0, 0.1) is 5.92 Å². The van der Waals surface area contributed by atoms with Crippen molar-refractivity contribution in [2.24, 2.45) is 5.92 Å². The molecule has 2 heterocycles. The molecule has 0 amide bonds. The number of aromatic nitrogens is 1. The fraction of sp³-hybridized carbons (Fsp3) is 0.450. The van der Waals surface area contributed by atoms with E-state index in [9.17, 15) is 0 Å². The smallest absolute Gasteiger partial charge is 0.133 e. The molecule has 1 saturated carbocycles. The molecule has 4 nitrogen and oxygen atoms in total. The van der Waals surface area contributed by atoms with Gasteiger partial charge in [0.25, 0.3) is 0 Å². The summed E-state index contributed by atoms with van der Waals surface area (Å²) in [6.45, 7) is 5.43. The molecule has 126 valence electrons. The van der Waals surface area contributed by atoms with Crippen molar-refractivity contribution in [3.8, 4) is 0 Å². The summed E-state index contributed by atoms with van der Waals surface area (Å²) in [5, 5.41) is 3.64. The van der Waals surface area contributed by atoms with E-state index in [1.165, 1.54) is 17.5 Å². The Bertz CT molecular complexity index is 655. The SMILES string of the molecule is c1ccc([C@H]2C[C@H]2CNCc2cccnc2N2CCOCC2)cc1. The fourth-order valence-corrected chi connectivity index (χ4v) is 3.60. The van der Waals surface area contributed by atoms with Crippen LogP contribution in [0.2, 0.25) is 0 Å². The van der Waals surface area contributed by atoms with Crippen LogP contribution in [-0.2, 0) is 11.3 Å².